The molecule has 2 rings (SSSR count). The quantitative estimate of drug-likeness (QED) is 0.651. The van der Waals surface area contributed by atoms with Gasteiger partial charge in [-0.3, -0.25) is 9.59 Å². The van der Waals surface area contributed by atoms with Crippen molar-refractivity contribution in [2.45, 2.75) is 4.90 Å². The van der Waals surface area contributed by atoms with E-state index < -0.39 is 22.5 Å². The van der Waals surface area contributed by atoms with Crippen LogP contribution in [0.1, 0.15) is 5.56 Å². The predicted molar refractivity (Wildman–Crippen MR) is 93.4 cm³/mol. The normalized spacial score (nSPS) is 11.4. The number of carboxylic acid groups (broad SMARTS) is 1. The van der Waals surface area contributed by atoms with Gasteiger partial charge in [-0.1, -0.05) is 30.3 Å². The monoisotopic (exact) mass is 360 g/mol. The average molecular weight is 360 g/mol. The number of aliphatic carboxylic acids is 1. The van der Waals surface area contributed by atoms with Crippen LogP contribution in [0.15, 0.2) is 65.6 Å². The second kappa shape index (κ2) is 8.22. The van der Waals surface area contributed by atoms with Gasteiger partial charge in [0, 0.05) is 11.8 Å². The van der Waals surface area contributed by atoms with Crippen LogP contribution in [0.2, 0.25) is 0 Å². The lowest BCUT2D eigenvalue weighted by molar-refractivity contribution is -0.135. The summed E-state index contributed by atoms with van der Waals surface area (Å²) < 4.78 is 25.7. The SMILES string of the molecule is O=C(O)CNS(=O)(=O)c1ccc(NC(=O)C=Cc2ccccc2)cc1. The van der Waals surface area contributed by atoms with Crippen molar-refractivity contribution in [1.82, 2.24) is 4.72 Å². The van der Waals surface area contributed by atoms with Gasteiger partial charge in [0.25, 0.3) is 0 Å². The molecular formula is C17H16N2O5S. The van der Waals surface area contributed by atoms with E-state index in [0.29, 0.717) is 5.69 Å². The minimum absolute atomic E-state index is 0.0911. The van der Waals surface area contributed by atoms with Gasteiger partial charge in [-0.05, 0) is 35.9 Å². The zero-order valence-electron chi connectivity index (χ0n) is 13.0. The summed E-state index contributed by atoms with van der Waals surface area (Å²) in [5.41, 5.74) is 1.29. The summed E-state index contributed by atoms with van der Waals surface area (Å²) in [4.78, 5) is 22.2. The Hall–Kier alpha value is -2.97. The molecule has 0 atom stereocenters. The van der Waals surface area contributed by atoms with Gasteiger partial charge in [-0.15, -0.1) is 0 Å². The molecule has 25 heavy (non-hydrogen) atoms. The molecule has 1 amide bonds. The van der Waals surface area contributed by atoms with Crippen LogP contribution < -0.4 is 10.0 Å². The van der Waals surface area contributed by atoms with Gasteiger partial charge < -0.3 is 10.4 Å². The molecule has 0 fully saturated rings. The first-order chi connectivity index (χ1) is 11.9. The van der Waals surface area contributed by atoms with Crippen molar-refractivity contribution >= 4 is 33.7 Å². The van der Waals surface area contributed by atoms with Crippen LogP contribution in [0, 0.1) is 0 Å². The van der Waals surface area contributed by atoms with Crippen molar-refractivity contribution in [2.75, 3.05) is 11.9 Å². The van der Waals surface area contributed by atoms with Gasteiger partial charge >= 0.3 is 5.97 Å². The third-order valence-corrected chi connectivity index (χ3v) is 4.49. The number of carbonyl (C=O) groups is 2. The number of hydrogen-bond acceptors (Lipinski definition) is 4. The largest absolute Gasteiger partial charge is 0.480 e. The number of nitrogens with one attached hydrogen (secondary N) is 2. The van der Waals surface area contributed by atoms with Crippen LogP contribution in [-0.4, -0.2) is 31.9 Å². The van der Waals surface area contributed by atoms with E-state index in [-0.39, 0.29) is 10.8 Å². The standard InChI is InChI=1S/C17H16N2O5S/c20-16(11-6-13-4-2-1-3-5-13)19-14-7-9-15(10-8-14)25(23,24)18-12-17(21)22/h1-11,18H,12H2,(H,19,20)(H,21,22). The highest BCUT2D eigenvalue weighted by Crippen LogP contribution is 2.14. The molecule has 3 N–H and O–H groups in total. The molecule has 0 unspecified atom stereocenters. The minimum atomic E-state index is -3.90. The van der Waals surface area contributed by atoms with Gasteiger partial charge in [0.2, 0.25) is 15.9 Å². The van der Waals surface area contributed by atoms with Crippen LogP contribution >= 0.6 is 0 Å². The molecule has 2 aromatic rings. The van der Waals surface area contributed by atoms with Crippen LogP contribution in [0.4, 0.5) is 5.69 Å². The van der Waals surface area contributed by atoms with Crippen molar-refractivity contribution in [3.05, 3.63) is 66.2 Å². The van der Waals surface area contributed by atoms with Crippen molar-refractivity contribution in [2.24, 2.45) is 0 Å². The molecule has 0 radical (unpaired) electrons. The molecule has 130 valence electrons. The van der Waals surface area contributed by atoms with Crippen molar-refractivity contribution in [1.29, 1.82) is 0 Å². The summed E-state index contributed by atoms with van der Waals surface area (Å²) in [5, 5.41) is 11.1. The summed E-state index contributed by atoms with van der Waals surface area (Å²) >= 11 is 0. The van der Waals surface area contributed by atoms with Gasteiger partial charge in [0.05, 0.1) is 4.90 Å². The smallest absolute Gasteiger partial charge is 0.318 e. The maximum atomic E-state index is 11.9. The summed E-state index contributed by atoms with van der Waals surface area (Å²) in [7, 11) is -3.90. The fraction of sp³-hybridized carbons (Fsp3) is 0.0588. The van der Waals surface area contributed by atoms with E-state index in [1.54, 1.807) is 6.08 Å². The molecule has 0 aliphatic carbocycles. The summed E-state index contributed by atoms with van der Waals surface area (Å²) in [6, 6.07) is 14.7. The molecule has 0 aromatic heterocycles. The molecule has 0 aliphatic heterocycles. The Morgan fingerprint density at radius 2 is 1.64 bits per heavy atom. The molecule has 0 spiro atoms. The highest BCUT2D eigenvalue weighted by molar-refractivity contribution is 7.89. The van der Waals surface area contributed by atoms with Gasteiger partial charge in [-0.2, -0.15) is 4.72 Å². The average Bonchev–Trinajstić information content (AvgIpc) is 2.60. The number of amides is 1. The number of benzene rings is 2. The Morgan fingerprint density at radius 3 is 2.24 bits per heavy atom. The molecule has 0 aliphatic rings. The Morgan fingerprint density at radius 1 is 1.00 bits per heavy atom. The Labute approximate surface area is 145 Å². The molecule has 2 aromatic carbocycles. The van der Waals surface area contributed by atoms with E-state index >= 15 is 0 Å². The van der Waals surface area contributed by atoms with Crippen molar-refractivity contribution in [3.63, 3.8) is 0 Å². The highest BCUT2D eigenvalue weighted by atomic mass is 32.2. The van der Waals surface area contributed by atoms with Gasteiger partial charge in [-0.25, -0.2) is 8.42 Å². The number of sulfonamides is 1. The third-order valence-electron chi connectivity index (χ3n) is 3.07. The first-order valence-corrected chi connectivity index (χ1v) is 8.71. The summed E-state index contributed by atoms with van der Waals surface area (Å²) in [6.45, 7) is -0.703. The third kappa shape index (κ3) is 5.87. The number of rotatable bonds is 7. The zero-order valence-corrected chi connectivity index (χ0v) is 13.9. The van der Waals surface area contributed by atoms with Crippen LogP contribution in [0.25, 0.3) is 6.08 Å². The van der Waals surface area contributed by atoms with E-state index in [9.17, 15) is 18.0 Å². The number of hydrogen-bond donors (Lipinski definition) is 3. The molecule has 7 nitrogen and oxygen atoms in total. The molecule has 0 saturated carbocycles. The molecule has 8 heteroatoms. The van der Waals surface area contributed by atoms with E-state index in [4.69, 9.17) is 5.11 Å². The lowest BCUT2D eigenvalue weighted by Gasteiger charge is -2.06. The van der Waals surface area contributed by atoms with Crippen molar-refractivity contribution in [3.8, 4) is 0 Å². The van der Waals surface area contributed by atoms with E-state index in [0.717, 1.165) is 5.56 Å². The number of carbonyl (C=O) groups excluding carboxylic acids is 1. The topological polar surface area (TPSA) is 113 Å². The second-order valence-corrected chi connectivity index (χ2v) is 6.74. The van der Waals surface area contributed by atoms with Gasteiger partial charge in [0.1, 0.15) is 6.54 Å². The Kier molecular flexibility index (Phi) is 6.04. The first-order valence-electron chi connectivity index (χ1n) is 7.22. The van der Waals surface area contributed by atoms with Crippen molar-refractivity contribution < 1.29 is 23.1 Å². The van der Waals surface area contributed by atoms with Crippen LogP contribution in [0.5, 0.6) is 0 Å². The molecule has 0 saturated heterocycles. The van der Waals surface area contributed by atoms with Crippen LogP contribution in [0.3, 0.4) is 0 Å². The number of anilines is 1. The van der Waals surface area contributed by atoms with Crippen LogP contribution in [-0.2, 0) is 19.6 Å². The maximum Gasteiger partial charge on any atom is 0.318 e. The summed E-state index contributed by atoms with van der Waals surface area (Å²) in [5.74, 6) is -1.64. The highest BCUT2D eigenvalue weighted by Gasteiger charge is 2.15. The summed E-state index contributed by atoms with van der Waals surface area (Å²) in [6.07, 6.45) is 3.03. The lowest BCUT2D eigenvalue weighted by Crippen LogP contribution is -2.29. The molecule has 0 heterocycles. The Bertz CT molecular complexity index is 875. The fourth-order valence-electron chi connectivity index (χ4n) is 1.88. The molecular weight excluding hydrogens is 344 g/mol. The predicted octanol–water partition coefficient (Wildman–Crippen LogP) is 1.70. The van der Waals surface area contributed by atoms with E-state index in [2.05, 4.69) is 5.32 Å². The maximum absolute atomic E-state index is 11.9. The van der Waals surface area contributed by atoms with E-state index in [1.807, 2.05) is 35.1 Å². The first kappa shape index (κ1) is 18.4. The van der Waals surface area contributed by atoms with E-state index in [1.165, 1.54) is 30.3 Å². The zero-order chi connectivity index (χ0) is 18.3. The second-order valence-electron chi connectivity index (χ2n) is 4.98. The lowest BCUT2D eigenvalue weighted by atomic mass is 10.2. The minimum Gasteiger partial charge on any atom is -0.480 e. The Balaban J connectivity index is 1.99. The number of carboxylic acids is 1. The molecule has 0 bridgehead atoms. The fourth-order valence-corrected chi connectivity index (χ4v) is 2.85. The van der Waals surface area contributed by atoms with Gasteiger partial charge in [0.15, 0.2) is 0 Å².